The standard InChI is InChI=1S/C14H14F2N2O2/c15-9-1-2-10(11(16)7-9)12-13(18-20-14(12)17)8-3-5-19-6-4-8/h1-2,7-8H,3-6,17H2. The van der Waals surface area contributed by atoms with E-state index in [1.54, 1.807) is 0 Å². The molecule has 106 valence electrons. The number of halogens is 2. The molecule has 3 rings (SSSR count). The van der Waals surface area contributed by atoms with Crippen molar-refractivity contribution in [2.45, 2.75) is 18.8 Å². The highest BCUT2D eigenvalue weighted by Gasteiger charge is 2.27. The van der Waals surface area contributed by atoms with Crippen molar-refractivity contribution in [3.63, 3.8) is 0 Å². The molecule has 2 N–H and O–H groups in total. The molecule has 20 heavy (non-hydrogen) atoms. The number of nitrogen functional groups attached to an aromatic ring is 1. The van der Waals surface area contributed by atoms with Crippen LogP contribution in [0.15, 0.2) is 22.7 Å². The Hall–Kier alpha value is -1.95. The van der Waals surface area contributed by atoms with Gasteiger partial charge >= 0.3 is 0 Å². The molecule has 4 nitrogen and oxygen atoms in total. The minimum absolute atomic E-state index is 0.0528. The van der Waals surface area contributed by atoms with Crippen LogP contribution in [0.4, 0.5) is 14.7 Å². The monoisotopic (exact) mass is 280 g/mol. The highest BCUT2D eigenvalue weighted by molar-refractivity contribution is 5.76. The van der Waals surface area contributed by atoms with Crippen molar-refractivity contribution >= 4 is 5.88 Å². The Morgan fingerprint density at radius 1 is 1.20 bits per heavy atom. The molecule has 1 aliphatic heterocycles. The van der Waals surface area contributed by atoms with E-state index in [2.05, 4.69) is 5.16 Å². The lowest BCUT2D eigenvalue weighted by atomic mass is 9.91. The third-order valence-electron chi connectivity index (χ3n) is 3.55. The van der Waals surface area contributed by atoms with E-state index in [1.807, 2.05) is 0 Å². The molecule has 1 aliphatic rings. The summed E-state index contributed by atoms with van der Waals surface area (Å²) in [4.78, 5) is 0. The van der Waals surface area contributed by atoms with Gasteiger partial charge in [-0.3, -0.25) is 0 Å². The first-order valence-corrected chi connectivity index (χ1v) is 6.45. The third-order valence-corrected chi connectivity index (χ3v) is 3.55. The molecule has 0 saturated carbocycles. The van der Waals surface area contributed by atoms with Crippen LogP contribution in [0.3, 0.4) is 0 Å². The molecule has 0 unspecified atom stereocenters. The van der Waals surface area contributed by atoms with Crippen molar-refractivity contribution in [1.82, 2.24) is 5.16 Å². The summed E-state index contributed by atoms with van der Waals surface area (Å²) in [5.74, 6) is -1.14. The maximum absolute atomic E-state index is 14.0. The van der Waals surface area contributed by atoms with Crippen LogP contribution in [0.1, 0.15) is 24.5 Å². The molecule has 0 aliphatic carbocycles. The predicted molar refractivity (Wildman–Crippen MR) is 69.1 cm³/mol. The number of rotatable bonds is 2. The first-order valence-electron chi connectivity index (χ1n) is 6.45. The summed E-state index contributed by atoms with van der Waals surface area (Å²) in [6.07, 6.45) is 1.56. The van der Waals surface area contributed by atoms with Gasteiger partial charge in [-0.05, 0) is 25.0 Å². The van der Waals surface area contributed by atoms with Crippen molar-refractivity contribution in [3.05, 3.63) is 35.5 Å². The molecule has 6 heteroatoms. The average Bonchev–Trinajstić information content (AvgIpc) is 2.82. The maximum Gasteiger partial charge on any atom is 0.230 e. The van der Waals surface area contributed by atoms with Gasteiger partial charge in [0, 0.05) is 30.8 Å². The van der Waals surface area contributed by atoms with Crippen molar-refractivity contribution in [3.8, 4) is 11.1 Å². The summed E-state index contributed by atoms with van der Waals surface area (Å²) in [5.41, 5.74) is 7.03. The molecule has 2 aromatic rings. The zero-order valence-corrected chi connectivity index (χ0v) is 10.7. The van der Waals surface area contributed by atoms with Gasteiger partial charge in [-0.25, -0.2) is 8.78 Å². The molecule has 1 saturated heterocycles. The van der Waals surface area contributed by atoms with E-state index in [-0.39, 0.29) is 17.4 Å². The Balaban J connectivity index is 2.06. The van der Waals surface area contributed by atoms with E-state index in [4.69, 9.17) is 15.0 Å². The Morgan fingerprint density at radius 2 is 1.95 bits per heavy atom. The first-order chi connectivity index (χ1) is 9.66. The SMILES string of the molecule is Nc1onc(C2CCOCC2)c1-c1ccc(F)cc1F. The smallest absolute Gasteiger partial charge is 0.230 e. The van der Waals surface area contributed by atoms with E-state index < -0.39 is 11.6 Å². The molecule has 1 aromatic carbocycles. The minimum atomic E-state index is -0.673. The lowest BCUT2D eigenvalue weighted by Crippen LogP contribution is -2.15. The molecule has 0 radical (unpaired) electrons. The van der Waals surface area contributed by atoms with Gasteiger partial charge in [-0.1, -0.05) is 5.16 Å². The molecular formula is C14H14F2N2O2. The Morgan fingerprint density at radius 3 is 2.65 bits per heavy atom. The van der Waals surface area contributed by atoms with Crippen LogP contribution in [-0.2, 0) is 4.74 Å². The van der Waals surface area contributed by atoms with E-state index >= 15 is 0 Å². The largest absolute Gasteiger partial charge is 0.381 e. The number of ether oxygens (including phenoxy) is 1. The lowest BCUT2D eigenvalue weighted by Gasteiger charge is -2.20. The molecular weight excluding hydrogens is 266 g/mol. The van der Waals surface area contributed by atoms with Crippen molar-refractivity contribution < 1.29 is 18.0 Å². The number of benzene rings is 1. The molecule has 1 fully saturated rings. The van der Waals surface area contributed by atoms with Gasteiger partial charge in [-0.2, -0.15) is 0 Å². The van der Waals surface area contributed by atoms with Crippen LogP contribution in [0.25, 0.3) is 11.1 Å². The van der Waals surface area contributed by atoms with Crippen LogP contribution in [-0.4, -0.2) is 18.4 Å². The maximum atomic E-state index is 14.0. The van der Waals surface area contributed by atoms with Gasteiger partial charge in [0.1, 0.15) is 11.6 Å². The van der Waals surface area contributed by atoms with Crippen LogP contribution >= 0.6 is 0 Å². The number of nitrogens with zero attached hydrogens (tertiary/aromatic N) is 1. The second kappa shape index (κ2) is 5.20. The number of hydrogen-bond acceptors (Lipinski definition) is 4. The Bertz CT molecular complexity index is 622. The predicted octanol–water partition coefficient (Wildman–Crippen LogP) is 3.10. The number of hydrogen-bond donors (Lipinski definition) is 1. The van der Waals surface area contributed by atoms with Crippen LogP contribution < -0.4 is 5.73 Å². The van der Waals surface area contributed by atoms with Crippen LogP contribution in [0, 0.1) is 11.6 Å². The summed E-state index contributed by atoms with van der Waals surface area (Å²) >= 11 is 0. The molecule has 0 spiro atoms. The summed E-state index contributed by atoms with van der Waals surface area (Å²) in [6.45, 7) is 1.26. The summed E-state index contributed by atoms with van der Waals surface area (Å²) in [5, 5.41) is 3.96. The van der Waals surface area contributed by atoms with Gasteiger partial charge in [-0.15, -0.1) is 0 Å². The zero-order chi connectivity index (χ0) is 14.1. The normalized spacial score (nSPS) is 16.5. The molecule has 0 amide bonds. The summed E-state index contributed by atoms with van der Waals surface area (Å²) in [7, 11) is 0. The molecule has 2 heterocycles. The number of nitrogens with two attached hydrogens (primary N) is 1. The summed E-state index contributed by atoms with van der Waals surface area (Å²) < 4.78 is 37.3. The first kappa shape index (κ1) is 13.1. The topological polar surface area (TPSA) is 61.3 Å². The highest BCUT2D eigenvalue weighted by Crippen LogP contribution is 2.38. The zero-order valence-electron chi connectivity index (χ0n) is 10.7. The number of anilines is 1. The van der Waals surface area contributed by atoms with Gasteiger partial charge in [0.2, 0.25) is 5.88 Å². The molecule has 0 bridgehead atoms. The van der Waals surface area contributed by atoms with Gasteiger partial charge in [0.25, 0.3) is 0 Å². The van der Waals surface area contributed by atoms with Gasteiger partial charge < -0.3 is 15.0 Å². The highest BCUT2D eigenvalue weighted by atomic mass is 19.1. The second-order valence-corrected chi connectivity index (χ2v) is 4.82. The lowest BCUT2D eigenvalue weighted by molar-refractivity contribution is 0.0839. The molecule has 1 aromatic heterocycles. The van der Waals surface area contributed by atoms with Crippen molar-refractivity contribution in [1.29, 1.82) is 0 Å². The minimum Gasteiger partial charge on any atom is -0.381 e. The fraction of sp³-hybridized carbons (Fsp3) is 0.357. The molecule has 0 atom stereocenters. The fourth-order valence-electron chi connectivity index (χ4n) is 2.53. The van der Waals surface area contributed by atoms with Gasteiger partial charge in [0.05, 0.1) is 11.3 Å². The number of aromatic nitrogens is 1. The van der Waals surface area contributed by atoms with E-state index in [1.165, 1.54) is 12.1 Å². The van der Waals surface area contributed by atoms with Crippen LogP contribution in [0.2, 0.25) is 0 Å². The second-order valence-electron chi connectivity index (χ2n) is 4.82. The fourth-order valence-corrected chi connectivity index (χ4v) is 2.53. The van der Waals surface area contributed by atoms with Crippen molar-refractivity contribution in [2.24, 2.45) is 0 Å². The van der Waals surface area contributed by atoms with E-state index in [0.29, 0.717) is 24.5 Å². The van der Waals surface area contributed by atoms with Crippen LogP contribution in [0.5, 0.6) is 0 Å². The van der Waals surface area contributed by atoms with E-state index in [0.717, 1.165) is 18.9 Å². The van der Waals surface area contributed by atoms with Crippen molar-refractivity contribution in [2.75, 3.05) is 18.9 Å². The van der Waals surface area contributed by atoms with E-state index in [9.17, 15) is 8.78 Å². The quantitative estimate of drug-likeness (QED) is 0.918. The third kappa shape index (κ3) is 2.27. The summed E-state index contributed by atoms with van der Waals surface area (Å²) in [6, 6.07) is 3.38. The Kier molecular flexibility index (Phi) is 3.40. The average molecular weight is 280 g/mol. The Labute approximate surface area is 114 Å². The van der Waals surface area contributed by atoms with Gasteiger partial charge in [0.15, 0.2) is 0 Å².